The molecule has 0 saturated heterocycles. The zero-order valence-corrected chi connectivity index (χ0v) is 19.3. The van der Waals surface area contributed by atoms with Crippen molar-refractivity contribution in [3.05, 3.63) is 70.8 Å². The van der Waals surface area contributed by atoms with Crippen molar-refractivity contribution in [3.8, 4) is 5.75 Å². The standard InChI is InChI=1S/C26H37NO2/c1-19(17-21-9-15-24(29-8)16-10-21)26(28,20(2)18-27(6)7)23-13-11-22(12-14-23)25(3,4)5/h9-17,20,28H,18H2,1-8H3. The van der Waals surface area contributed by atoms with E-state index < -0.39 is 5.60 Å². The third kappa shape index (κ3) is 5.49. The fraction of sp³-hybridized carbons (Fsp3) is 0.462. The molecule has 2 rings (SSSR count). The molecule has 0 aliphatic carbocycles. The molecule has 0 heterocycles. The Balaban J connectivity index is 2.50. The van der Waals surface area contributed by atoms with Crippen LogP contribution in [0.3, 0.4) is 0 Å². The first-order chi connectivity index (χ1) is 13.5. The maximum absolute atomic E-state index is 12.0. The molecule has 0 amide bonds. The first kappa shape index (κ1) is 23.2. The molecule has 158 valence electrons. The zero-order chi connectivity index (χ0) is 21.8. The summed E-state index contributed by atoms with van der Waals surface area (Å²) in [5.41, 5.74) is 3.20. The van der Waals surface area contributed by atoms with Gasteiger partial charge in [-0.2, -0.15) is 0 Å². The van der Waals surface area contributed by atoms with Crippen LogP contribution in [0.5, 0.6) is 5.75 Å². The van der Waals surface area contributed by atoms with E-state index in [4.69, 9.17) is 4.74 Å². The maximum atomic E-state index is 12.0. The van der Waals surface area contributed by atoms with Crippen molar-refractivity contribution in [2.45, 2.75) is 45.6 Å². The average Bonchev–Trinajstić information content (AvgIpc) is 2.66. The molecule has 2 aromatic carbocycles. The van der Waals surface area contributed by atoms with Crippen LogP contribution < -0.4 is 4.74 Å². The molecule has 29 heavy (non-hydrogen) atoms. The van der Waals surface area contributed by atoms with E-state index in [1.54, 1.807) is 7.11 Å². The van der Waals surface area contributed by atoms with Gasteiger partial charge in [0.2, 0.25) is 0 Å². The smallest absolute Gasteiger partial charge is 0.118 e. The molecule has 3 nitrogen and oxygen atoms in total. The van der Waals surface area contributed by atoms with Gasteiger partial charge >= 0.3 is 0 Å². The second-order valence-corrected chi connectivity index (χ2v) is 9.36. The average molecular weight is 396 g/mol. The number of rotatable bonds is 7. The first-order valence-electron chi connectivity index (χ1n) is 10.3. The minimum absolute atomic E-state index is 0.0208. The normalized spacial score (nSPS) is 15.9. The topological polar surface area (TPSA) is 32.7 Å². The van der Waals surface area contributed by atoms with Crippen molar-refractivity contribution in [2.24, 2.45) is 5.92 Å². The second-order valence-electron chi connectivity index (χ2n) is 9.36. The zero-order valence-electron chi connectivity index (χ0n) is 19.3. The Kier molecular flexibility index (Phi) is 7.31. The summed E-state index contributed by atoms with van der Waals surface area (Å²) in [5, 5.41) is 12.0. The third-order valence-electron chi connectivity index (χ3n) is 5.64. The summed E-state index contributed by atoms with van der Waals surface area (Å²) in [4.78, 5) is 2.12. The Morgan fingerprint density at radius 3 is 1.97 bits per heavy atom. The summed E-state index contributed by atoms with van der Waals surface area (Å²) in [6.07, 6.45) is 2.07. The van der Waals surface area contributed by atoms with E-state index in [1.807, 2.05) is 45.3 Å². The van der Waals surface area contributed by atoms with Crippen LogP contribution in [0, 0.1) is 5.92 Å². The highest BCUT2D eigenvalue weighted by Crippen LogP contribution is 2.39. The Morgan fingerprint density at radius 2 is 1.52 bits per heavy atom. The Hall–Kier alpha value is -2.10. The minimum atomic E-state index is -1.05. The molecule has 0 aliphatic heterocycles. The van der Waals surface area contributed by atoms with Crippen LogP contribution in [0.4, 0.5) is 0 Å². The number of nitrogens with zero attached hydrogens (tertiary/aromatic N) is 1. The highest BCUT2D eigenvalue weighted by Gasteiger charge is 2.37. The van der Waals surface area contributed by atoms with Gasteiger partial charge in [0, 0.05) is 12.5 Å². The fourth-order valence-corrected chi connectivity index (χ4v) is 3.87. The van der Waals surface area contributed by atoms with Crippen LogP contribution in [0.1, 0.15) is 51.3 Å². The van der Waals surface area contributed by atoms with Gasteiger partial charge in [-0.1, -0.05) is 70.2 Å². The lowest BCUT2D eigenvalue weighted by atomic mass is 9.75. The van der Waals surface area contributed by atoms with Crippen molar-refractivity contribution < 1.29 is 9.84 Å². The quantitative estimate of drug-likeness (QED) is 0.674. The lowest BCUT2D eigenvalue weighted by molar-refractivity contribution is 0.0105. The number of methoxy groups -OCH3 is 1. The molecule has 2 atom stereocenters. The van der Waals surface area contributed by atoms with Gasteiger partial charge in [-0.05, 0) is 60.8 Å². The van der Waals surface area contributed by atoms with Gasteiger partial charge in [-0.15, -0.1) is 0 Å². The molecule has 0 aliphatic rings. The maximum Gasteiger partial charge on any atom is 0.118 e. The van der Waals surface area contributed by atoms with E-state index in [0.717, 1.165) is 29.0 Å². The van der Waals surface area contributed by atoms with Crippen LogP contribution in [0.15, 0.2) is 54.1 Å². The molecule has 0 fully saturated rings. The number of ether oxygens (including phenoxy) is 1. The van der Waals surface area contributed by atoms with Crippen molar-refractivity contribution in [3.63, 3.8) is 0 Å². The number of hydrogen-bond acceptors (Lipinski definition) is 3. The summed E-state index contributed by atoms with van der Waals surface area (Å²) in [6, 6.07) is 16.4. The van der Waals surface area contributed by atoms with Crippen LogP contribution in [0.25, 0.3) is 6.08 Å². The lowest BCUT2D eigenvalue weighted by Gasteiger charge is -2.38. The van der Waals surface area contributed by atoms with Crippen molar-refractivity contribution >= 4 is 6.08 Å². The molecule has 0 radical (unpaired) electrons. The van der Waals surface area contributed by atoms with Gasteiger partial charge in [-0.25, -0.2) is 0 Å². The van der Waals surface area contributed by atoms with Crippen molar-refractivity contribution in [2.75, 3.05) is 27.7 Å². The van der Waals surface area contributed by atoms with E-state index >= 15 is 0 Å². The van der Waals surface area contributed by atoms with Crippen molar-refractivity contribution in [1.29, 1.82) is 0 Å². The van der Waals surface area contributed by atoms with Gasteiger partial charge in [-0.3, -0.25) is 0 Å². The van der Waals surface area contributed by atoms with E-state index in [9.17, 15) is 5.11 Å². The van der Waals surface area contributed by atoms with E-state index in [0.29, 0.717) is 0 Å². The summed E-state index contributed by atoms with van der Waals surface area (Å²) < 4.78 is 5.26. The summed E-state index contributed by atoms with van der Waals surface area (Å²) >= 11 is 0. The number of aliphatic hydroxyl groups is 1. The van der Waals surface area contributed by atoms with Gasteiger partial charge in [0.05, 0.1) is 7.11 Å². The Morgan fingerprint density at radius 1 is 1.00 bits per heavy atom. The summed E-state index contributed by atoms with van der Waals surface area (Å²) in [7, 11) is 5.75. The highest BCUT2D eigenvalue weighted by atomic mass is 16.5. The van der Waals surface area contributed by atoms with Crippen LogP contribution >= 0.6 is 0 Å². The molecular weight excluding hydrogens is 358 g/mol. The van der Waals surface area contributed by atoms with Gasteiger partial charge in [0.15, 0.2) is 0 Å². The van der Waals surface area contributed by atoms with E-state index in [2.05, 4.69) is 62.9 Å². The lowest BCUT2D eigenvalue weighted by Crippen LogP contribution is -2.40. The number of hydrogen-bond donors (Lipinski definition) is 1. The van der Waals surface area contributed by atoms with Crippen LogP contribution in [-0.4, -0.2) is 37.8 Å². The molecule has 0 aromatic heterocycles. The monoisotopic (exact) mass is 395 g/mol. The van der Waals surface area contributed by atoms with Crippen LogP contribution in [0.2, 0.25) is 0 Å². The molecule has 3 heteroatoms. The molecule has 0 saturated carbocycles. The summed E-state index contributed by atoms with van der Waals surface area (Å²) in [6.45, 7) is 11.5. The highest BCUT2D eigenvalue weighted by molar-refractivity contribution is 5.57. The molecule has 0 bridgehead atoms. The van der Waals surface area contributed by atoms with Gasteiger partial charge in [0.1, 0.15) is 11.4 Å². The molecule has 0 spiro atoms. The Bertz CT molecular complexity index is 813. The molecule has 1 N–H and O–H groups in total. The Labute approximate surface area is 177 Å². The SMILES string of the molecule is COc1ccc(C=C(C)C(O)(c2ccc(C(C)(C)C)cc2)C(C)CN(C)C)cc1. The van der Waals surface area contributed by atoms with E-state index in [-0.39, 0.29) is 11.3 Å². The largest absolute Gasteiger partial charge is 0.497 e. The number of benzene rings is 2. The van der Waals surface area contributed by atoms with Gasteiger partial charge in [0.25, 0.3) is 0 Å². The second kappa shape index (κ2) is 9.15. The molecule has 2 aromatic rings. The fourth-order valence-electron chi connectivity index (χ4n) is 3.87. The first-order valence-corrected chi connectivity index (χ1v) is 10.3. The predicted octanol–water partition coefficient (Wildman–Crippen LogP) is 5.48. The van der Waals surface area contributed by atoms with Crippen LogP contribution in [-0.2, 0) is 11.0 Å². The molecular formula is C26H37NO2. The minimum Gasteiger partial charge on any atom is -0.497 e. The molecule has 2 unspecified atom stereocenters. The predicted molar refractivity (Wildman–Crippen MR) is 123 cm³/mol. The summed E-state index contributed by atoms with van der Waals surface area (Å²) in [5.74, 6) is 0.848. The van der Waals surface area contributed by atoms with E-state index in [1.165, 1.54) is 5.56 Å². The van der Waals surface area contributed by atoms with Crippen molar-refractivity contribution in [1.82, 2.24) is 4.90 Å². The van der Waals surface area contributed by atoms with Gasteiger partial charge < -0.3 is 14.7 Å². The third-order valence-corrected chi connectivity index (χ3v) is 5.64.